The first-order valence-electron chi connectivity index (χ1n) is 6.87. The molecule has 0 bridgehead atoms. The van der Waals surface area contributed by atoms with Crippen molar-refractivity contribution in [3.8, 4) is 5.75 Å². The summed E-state index contributed by atoms with van der Waals surface area (Å²) in [5.41, 5.74) is 2.63. The molecule has 0 aliphatic carbocycles. The van der Waals surface area contributed by atoms with Crippen molar-refractivity contribution in [1.29, 1.82) is 0 Å². The topological polar surface area (TPSA) is 24.5 Å². The molecule has 1 heterocycles. The molecular formula is C15H24N2O. The molecule has 1 N–H and O–H groups in total. The van der Waals surface area contributed by atoms with E-state index < -0.39 is 0 Å². The second-order valence-electron chi connectivity index (χ2n) is 5.27. The number of fused-ring (bicyclic) bond motifs is 1. The standard InChI is InChI=1S/C15H24N2O/c1-12(2)16-8-9-17(3)14-6-7-15-13(11-14)5-4-10-18-15/h6-7,11-12,16H,4-5,8-10H2,1-3H3. The normalized spacial score (nSPS) is 14.2. The van der Waals surface area contributed by atoms with Crippen LogP contribution >= 0.6 is 0 Å². The van der Waals surface area contributed by atoms with Crippen LogP contribution in [0.25, 0.3) is 0 Å². The van der Waals surface area contributed by atoms with Gasteiger partial charge < -0.3 is 15.0 Å². The Morgan fingerprint density at radius 1 is 1.39 bits per heavy atom. The molecule has 0 atom stereocenters. The van der Waals surface area contributed by atoms with Gasteiger partial charge in [-0.1, -0.05) is 13.8 Å². The minimum Gasteiger partial charge on any atom is -0.493 e. The molecule has 0 aromatic heterocycles. The Kier molecular flexibility index (Phi) is 4.48. The highest BCUT2D eigenvalue weighted by molar-refractivity contribution is 5.53. The summed E-state index contributed by atoms with van der Waals surface area (Å²) in [5.74, 6) is 1.07. The van der Waals surface area contributed by atoms with Crippen LogP contribution in [-0.4, -0.2) is 32.8 Å². The summed E-state index contributed by atoms with van der Waals surface area (Å²) >= 11 is 0. The SMILES string of the molecule is CC(C)NCCN(C)c1ccc2c(c1)CCCO2. The second kappa shape index (κ2) is 6.10. The number of hydrogen-bond acceptors (Lipinski definition) is 3. The Labute approximate surface area is 110 Å². The van der Waals surface area contributed by atoms with E-state index in [9.17, 15) is 0 Å². The third kappa shape index (κ3) is 3.39. The monoisotopic (exact) mass is 248 g/mol. The zero-order valence-corrected chi connectivity index (χ0v) is 11.7. The van der Waals surface area contributed by atoms with E-state index in [1.165, 1.54) is 11.3 Å². The van der Waals surface area contributed by atoms with Gasteiger partial charge in [-0.3, -0.25) is 0 Å². The molecule has 0 radical (unpaired) electrons. The third-order valence-corrected chi connectivity index (χ3v) is 3.33. The largest absolute Gasteiger partial charge is 0.493 e. The number of likely N-dealkylation sites (N-methyl/N-ethyl adjacent to an activating group) is 1. The van der Waals surface area contributed by atoms with Gasteiger partial charge in [-0.05, 0) is 36.6 Å². The van der Waals surface area contributed by atoms with E-state index in [1.807, 2.05) is 0 Å². The van der Waals surface area contributed by atoms with Crippen molar-refractivity contribution in [2.24, 2.45) is 0 Å². The van der Waals surface area contributed by atoms with Gasteiger partial charge in [0.25, 0.3) is 0 Å². The molecule has 3 nitrogen and oxygen atoms in total. The molecule has 1 aliphatic heterocycles. The van der Waals surface area contributed by atoms with E-state index in [4.69, 9.17) is 4.74 Å². The quantitative estimate of drug-likeness (QED) is 0.866. The fourth-order valence-corrected chi connectivity index (χ4v) is 2.23. The van der Waals surface area contributed by atoms with Gasteiger partial charge in [-0.25, -0.2) is 0 Å². The molecule has 0 saturated carbocycles. The molecular weight excluding hydrogens is 224 g/mol. The van der Waals surface area contributed by atoms with Crippen LogP contribution in [-0.2, 0) is 6.42 Å². The summed E-state index contributed by atoms with van der Waals surface area (Å²) in [4.78, 5) is 2.30. The van der Waals surface area contributed by atoms with Gasteiger partial charge in [0.2, 0.25) is 0 Å². The minimum absolute atomic E-state index is 0.551. The maximum atomic E-state index is 5.64. The highest BCUT2D eigenvalue weighted by Gasteiger charge is 2.11. The lowest BCUT2D eigenvalue weighted by atomic mass is 10.1. The number of nitrogens with one attached hydrogen (secondary N) is 1. The first kappa shape index (κ1) is 13.2. The highest BCUT2D eigenvalue weighted by Crippen LogP contribution is 2.28. The molecule has 100 valence electrons. The van der Waals surface area contributed by atoms with Crippen LogP contribution in [0.4, 0.5) is 5.69 Å². The zero-order chi connectivity index (χ0) is 13.0. The van der Waals surface area contributed by atoms with Crippen molar-refractivity contribution in [3.05, 3.63) is 23.8 Å². The lowest BCUT2D eigenvalue weighted by Gasteiger charge is -2.23. The van der Waals surface area contributed by atoms with Crippen LogP contribution < -0.4 is 15.0 Å². The summed E-state index contributed by atoms with van der Waals surface area (Å²) in [6.07, 6.45) is 2.27. The van der Waals surface area contributed by atoms with Crippen LogP contribution in [0.3, 0.4) is 0 Å². The zero-order valence-electron chi connectivity index (χ0n) is 11.7. The van der Waals surface area contributed by atoms with Gasteiger partial charge in [0.1, 0.15) is 5.75 Å². The van der Waals surface area contributed by atoms with E-state index in [-0.39, 0.29) is 0 Å². The number of aryl methyl sites for hydroxylation is 1. The smallest absolute Gasteiger partial charge is 0.122 e. The van der Waals surface area contributed by atoms with E-state index in [0.717, 1.165) is 38.3 Å². The Balaban J connectivity index is 1.95. The van der Waals surface area contributed by atoms with Gasteiger partial charge in [0.05, 0.1) is 6.61 Å². The lowest BCUT2D eigenvalue weighted by Crippen LogP contribution is -2.32. The van der Waals surface area contributed by atoms with Crippen molar-refractivity contribution in [2.45, 2.75) is 32.7 Å². The second-order valence-corrected chi connectivity index (χ2v) is 5.27. The molecule has 18 heavy (non-hydrogen) atoms. The molecule has 0 fully saturated rings. The van der Waals surface area contributed by atoms with E-state index in [1.54, 1.807) is 0 Å². The van der Waals surface area contributed by atoms with Crippen molar-refractivity contribution >= 4 is 5.69 Å². The van der Waals surface area contributed by atoms with Crippen molar-refractivity contribution in [3.63, 3.8) is 0 Å². The molecule has 1 aliphatic rings. The molecule has 1 aromatic rings. The summed E-state index contributed by atoms with van der Waals surface area (Å²) in [7, 11) is 2.15. The summed E-state index contributed by atoms with van der Waals surface area (Å²) in [6, 6.07) is 7.08. The molecule has 2 rings (SSSR count). The summed E-state index contributed by atoms with van der Waals surface area (Å²) < 4.78 is 5.64. The number of nitrogens with zero attached hydrogens (tertiary/aromatic N) is 1. The fraction of sp³-hybridized carbons (Fsp3) is 0.600. The van der Waals surface area contributed by atoms with Gasteiger partial charge in [-0.2, -0.15) is 0 Å². The van der Waals surface area contributed by atoms with Gasteiger partial charge in [0, 0.05) is 31.9 Å². The van der Waals surface area contributed by atoms with E-state index in [0.29, 0.717) is 6.04 Å². The minimum atomic E-state index is 0.551. The van der Waals surface area contributed by atoms with Crippen molar-refractivity contribution in [2.75, 3.05) is 31.6 Å². The number of ether oxygens (including phenoxy) is 1. The number of benzene rings is 1. The molecule has 3 heteroatoms. The van der Waals surface area contributed by atoms with Crippen LogP contribution in [0.5, 0.6) is 5.75 Å². The Morgan fingerprint density at radius 2 is 2.22 bits per heavy atom. The maximum absolute atomic E-state index is 5.64. The Morgan fingerprint density at radius 3 is 3.00 bits per heavy atom. The van der Waals surface area contributed by atoms with Gasteiger partial charge in [-0.15, -0.1) is 0 Å². The van der Waals surface area contributed by atoms with Crippen molar-refractivity contribution in [1.82, 2.24) is 5.32 Å². The van der Waals surface area contributed by atoms with E-state index >= 15 is 0 Å². The average molecular weight is 248 g/mol. The van der Waals surface area contributed by atoms with Crippen LogP contribution in [0.2, 0.25) is 0 Å². The van der Waals surface area contributed by atoms with E-state index in [2.05, 4.69) is 49.3 Å². The van der Waals surface area contributed by atoms with Crippen molar-refractivity contribution < 1.29 is 4.74 Å². The first-order valence-corrected chi connectivity index (χ1v) is 6.87. The molecule has 0 saturated heterocycles. The van der Waals surface area contributed by atoms with Gasteiger partial charge in [0.15, 0.2) is 0 Å². The molecule has 0 amide bonds. The average Bonchev–Trinajstić information content (AvgIpc) is 2.37. The fourth-order valence-electron chi connectivity index (χ4n) is 2.23. The molecule has 0 spiro atoms. The van der Waals surface area contributed by atoms with Gasteiger partial charge >= 0.3 is 0 Å². The lowest BCUT2D eigenvalue weighted by molar-refractivity contribution is 0.288. The number of hydrogen-bond donors (Lipinski definition) is 1. The Hall–Kier alpha value is -1.22. The summed E-state index contributed by atoms with van der Waals surface area (Å²) in [6.45, 7) is 7.26. The van der Waals surface area contributed by atoms with Crippen LogP contribution in [0.15, 0.2) is 18.2 Å². The third-order valence-electron chi connectivity index (χ3n) is 3.33. The number of anilines is 1. The first-order chi connectivity index (χ1) is 8.66. The molecule has 1 aromatic carbocycles. The molecule has 0 unspecified atom stereocenters. The highest BCUT2D eigenvalue weighted by atomic mass is 16.5. The predicted molar refractivity (Wildman–Crippen MR) is 76.7 cm³/mol. The maximum Gasteiger partial charge on any atom is 0.122 e. The van der Waals surface area contributed by atoms with Crippen LogP contribution in [0.1, 0.15) is 25.8 Å². The summed E-state index contributed by atoms with van der Waals surface area (Å²) in [5, 5.41) is 3.44. The Bertz CT molecular complexity index is 390. The number of rotatable bonds is 5. The van der Waals surface area contributed by atoms with Crippen LogP contribution in [0, 0.1) is 0 Å². The predicted octanol–water partition coefficient (Wildman–Crippen LogP) is 2.45.